The van der Waals surface area contributed by atoms with Crippen molar-refractivity contribution >= 4 is 17.2 Å². The average Bonchev–Trinajstić information content (AvgIpc) is 2.90. The van der Waals surface area contributed by atoms with Crippen LogP contribution in [0.3, 0.4) is 0 Å². The Morgan fingerprint density at radius 1 is 1.53 bits per heavy atom. The highest BCUT2D eigenvalue weighted by molar-refractivity contribution is 7.07. The number of rotatable bonds is 3. The molecule has 7 heteroatoms. The van der Waals surface area contributed by atoms with E-state index in [9.17, 15) is 18.0 Å². The average molecular weight is 292 g/mol. The predicted octanol–water partition coefficient (Wildman–Crippen LogP) is 2.91. The summed E-state index contributed by atoms with van der Waals surface area (Å²) in [5.74, 6) is -0.497. The summed E-state index contributed by atoms with van der Waals surface area (Å²) < 4.78 is 37.9. The zero-order chi connectivity index (χ0) is 14.3. The molecule has 0 spiro atoms. The minimum Gasteiger partial charge on any atom is -0.312 e. The van der Waals surface area contributed by atoms with Crippen LogP contribution < -0.4 is 5.32 Å². The van der Waals surface area contributed by atoms with E-state index in [-0.39, 0.29) is 0 Å². The molecular weight excluding hydrogens is 277 g/mol. The van der Waals surface area contributed by atoms with Crippen LogP contribution in [-0.4, -0.2) is 29.1 Å². The smallest absolute Gasteiger partial charge is 0.312 e. The van der Waals surface area contributed by atoms with Gasteiger partial charge in [0.1, 0.15) is 12.7 Å². The number of nitrogens with one attached hydrogen (secondary N) is 1. The Hall–Kier alpha value is -1.08. The van der Waals surface area contributed by atoms with Gasteiger partial charge in [0, 0.05) is 0 Å². The number of thiophene rings is 1. The third kappa shape index (κ3) is 2.76. The summed E-state index contributed by atoms with van der Waals surface area (Å²) in [6, 6.07) is 1.74. The van der Waals surface area contributed by atoms with E-state index in [1.165, 1.54) is 11.3 Å². The van der Waals surface area contributed by atoms with Crippen LogP contribution in [0.1, 0.15) is 32.0 Å². The van der Waals surface area contributed by atoms with Gasteiger partial charge in [-0.05, 0) is 35.7 Å². The second kappa shape index (κ2) is 4.79. The largest absolute Gasteiger partial charge is 0.406 e. The number of carbonyl (C=O) groups is 1. The molecule has 0 aromatic carbocycles. The summed E-state index contributed by atoms with van der Waals surface area (Å²) in [6.45, 7) is 2.20. The van der Waals surface area contributed by atoms with E-state index >= 15 is 0 Å². The fourth-order valence-corrected chi connectivity index (χ4v) is 2.86. The lowest BCUT2D eigenvalue weighted by molar-refractivity contribution is -0.162. The minimum atomic E-state index is -4.40. The zero-order valence-corrected chi connectivity index (χ0v) is 11.4. The maximum Gasteiger partial charge on any atom is 0.406 e. The monoisotopic (exact) mass is 292 g/mol. The van der Waals surface area contributed by atoms with E-state index in [1.54, 1.807) is 30.7 Å². The highest BCUT2D eigenvalue weighted by Gasteiger charge is 2.50. The van der Waals surface area contributed by atoms with Crippen molar-refractivity contribution in [2.24, 2.45) is 0 Å². The third-order valence-corrected chi connectivity index (χ3v) is 4.12. The van der Waals surface area contributed by atoms with Gasteiger partial charge < -0.3 is 4.90 Å². The Labute approximate surface area is 113 Å². The van der Waals surface area contributed by atoms with Crippen molar-refractivity contribution in [1.82, 2.24) is 10.2 Å². The topological polar surface area (TPSA) is 32.3 Å². The molecule has 1 fully saturated rings. The van der Waals surface area contributed by atoms with Gasteiger partial charge in [-0.2, -0.15) is 24.5 Å². The molecule has 1 aromatic rings. The van der Waals surface area contributed by atoms with Gasteiger partial charge in [-0.15, -0.1) is 0 Å². The first-order chi connectivity index (χ1) is 8.77. The lowest BCUT2D eigenvalue weighted by Gasteiger charge is -2.24. The van der Waals surface area contributed by atoms with E-state index in [0.717, 1.165) is 4.90 Å². The molecule has 0 aliphatic carbocycles. The fourth-order valence-electron chi connectivity index (χ4n) is 2.18. The van der Waals surface area contributed by atoms with Gasteiger partial charge in [-0.3, -0.25) is 10.1 Å². The normalized spacial score (nSPS) is 28.2. The molecule has 0 radical (unpaired) electrons. The molecule has 106 valence electrons. The van der Waals surface area contributed by atoms with Crippen molar-refractivity contribution in [2.45, 2.75) is 38.1 Å². The van der Waals surface area contributed by atoms with Crippen LogP contribution in [0.4, 0.5) is 13.2 Å². The molecule has 1 aliphatic heterocycles. The summed E-state index contributed by atoms with van der Waals surface area (Å²) >= 11 is 1.40. The molecule has 2 unspecified atom stereocenters. The summed E-state index contributed by atoms with van der Waals surface area (Å²) in [5, 5.41) is 6.57. The molecular formula is C12H15F3N2OS. The summed E-state index contributed by atoms with van der Waals surface area (Å²) in [7, 11) is 0. The molecule has 2 rings (SSSR count). The van der Waals surface area contributed by atoms with Crippen LogP contribution >= 0.6 is 11.3 Å². The Balaban J connectivity index is 2.32. The highest BCUT2D eigenvalue weighted by Crippen LogP contribution is 2.35. The Morgan fingerprint density at radius 3 is 2.68 bits per heavy atom. The van der Waals surface area contributed by atoms with Gasteiger partial charge >= 0.3 is 6.18 Å². The van der Waals surface area contributed by atoms with E-state index < -0.39 is 30.3 Å². The first-order valence-electron chi connectivity index (χ1n) is 5.94. The summed E-state index contributed by atoms with van der Waals surface area (Å²) in [4.78, 5) is 13.1. The van der Waals surface area contributed by atoms with Crippen LogP contribution in [-0.2, 0) is 4.79 Å². The number of nitrogens with zero attached hydrogens (tertiary/aromatic N) is 1. The van der Waals surface area contributed by atoms with Gasteiger partial charge in [0.2, 0.25) is 5.91 Å². The number of hydrogen-bond donors (Lipinski definition) is 1. The molecule has 1 saturated heterocycles. The lowest BCUT2D eigenvalue weighted by atomic mass is 9.99. The predicted molar refractivity (Wildman–Crippen MR) is 66.7 cm³/mol. The van der Waals surface area contributed by atoms with E-state index in [1.807, 2.05) is 0 Å². The van der Waals surface area contributed by atoms with Crippen LogP contribution in [0.25, 0.3) is 0 Å². The number of hydrogen-bond acceptors (Lipinski definition) is 3. The SMILES string of the molecule is CCC1(C)NC(c2ccsc2)N(CC(F)(F)F)C1=O. The van der Waals surface area contributed by atoms with E-state index in [4.69, 9.17) is 0 Å². The van der Waals surface area contributed by atoms with Crippen LogP contribution in [0.15, 0.2) is 16.8 Å². The number of alkyl halides is 3. The molecule has 1 N–H and O–H groups in total. The van der Waals surface area contributed by atoms with Crippen LogP contribution in [0.5, 0.6) is 0 Å². The maximum absolute atomic E-state index is 12.6. The molecule has 1 amide bonds. The molecule has 1 aliphatic rings. The molecule has 2 atom stereocenters. The quantitative estimate of drug-likeness (QED) is 0.929. The third-order valence-electron chi connectivity index (χ3n) is 3.42. The van der Waals surface area contributed by atoms with Gasteiger partial charge in [0.25, 0.3) is 0 Å². The molecule has 0 saturated carbocycles. The van der Waals surface area contributed by atoms with Crippen molar-refractivity contribution in [3.05, 3.63) is 22.4 Å². The first-order valence-corrected chi connectivity index (χ1v) is 6.89. The Morgan fingerprint density at radius 2 is 2.21 bits per heavy atom. The Bertz CT molecular complexity index is 460. The van der Waals surface area contributed by atoms with E-state index in [2.05, 4.69) is 5.32 Å². The lowest BCUT2D eigenvalue weighted by Crippen LogP contribution is -2.44. The second-order valence-corrected chi connectivity index (χ2v) is 5.62. The first kappa shape index (κ1) is 14.3. The fraction of sp³-hybridized carbons (Fsp3) is 0.583. The second-order valence-electron chi connectivity index (χ2n) is 4.84. The van der Waals surface area contributed by atoms with E-state index in [0.29, 0.717) is 12.0 Å². The van der Waals surface area contributed by atoms with Crippen molar-refractivity contribution < 1.29 is 18.0 Å². The van der Waals surface area contributed by atoms with Gasteiger partial charge in [-0.25, -0.2) is 0 Å². The number of amides is 1. The molecule has 1 aromatic heterocycles. The van der Waals surface area contributed by atoms with Crippen LogP contribution in [0, 0.1) is 0 Å². The van der Waals surface area contributed by atoms with Crippen LogP contribution in [0.2, 0.25) is 0 Å². The van der Waals surface area contributed by atoms with Gasteiger partial charge in [0.05, 0.1) is 5.54 Å². The minimum absolute atomic E-state index is 0.445. The van der Waals surface area contributed by atoms with Crippen molar-refractivity contribution in [3.8, 4) is 0 Å². The number of carbonyl (C=O) groups excluding carboxylic acids is 1. The van der Waals surface area contributed by atoms with Gasteiger partial charge in [-0.1, -0.05) is 6.92 Å². The number of halogens is 3. The van der Waals surface area contributed by atoms with Crippen molar-refractivity contribution in [1.29, 1.82) is 0 Å². The Kier molecular flexibility index (Phi) is 3.61. The molecule has 2 heterocycles. The zero-order valence-electron chi connectivity index (χ0n) is 10.6. The molecule has 3 nitrogen and oxygen atoms in total. The highest BCUT2D eigenvalue weighted by atomic mass is 32.1. The standard InChI is InChI=1S/C12H15F3N2OS/c1-3-11(2)10(18)17(7-12(13,14)15)9(16-11)8-4-5-19-6-8/h4-6,9,16H,3,7H2,1-2H3. The molecule has 19 heavy (non-hydrogen) atoms. The van der Waals surface area contributed by atoms with Gasteiger partial charge in [0.15, 0.2) is 0 Å². The summed E-state index contributed by atoms with van der Waals surface area (Å²) in [6.07, 6.45) is -4.66. The summed E-state index contributed by atoms with van der Waals surface area (Å²) in [5.41, 5.74) is -0.238. The molecule has 0 bridgehead atoms. The van der Waals surface area contributed by atoms with Crippen molar-refractivity contribution in [3.63, 3.8) is 0 Å². The van der Waals surface area contributed by atoms with Crippen molar-refractivity contribution in [2.75, 3.05) is 6.54 Å². The maximum atomic E-state index is 12.6.